The van der Waals surface area contributed by atoms with E-state index in [0.29, 0.717) is 24.2 Å². The van der Waals surface area contributed by atoms with E-state index < -0.39 is 5.54 Å². The Morgan fingerprint density at radius 1 is 1.36 bits per heavy atom. The highest BCUT2D eigenvalue weighted by molar-refractivity contribution is 7.99. The molecule has 1 aromatic rings. The van der Waals surface area contributed by atoms with Gasteiger partial charge in [-0.15, -0.1) is 0 Å². The van der Waals surface area contributed by atoms with Gasteiger partial charge in [-0.3, -0.25) is 9.59 Å². The van der Waals surface area contributed by atoms with Gasteiger partial charge in [0.15, 0.2) is 0 Å². The third-order valence-electron chi connectivity index (χ3n) is 4.10. The van der Waals surface area contributed by atoms with Crippen LogP contribution < -0.4 is 10.2 Å². The molecule has 5 nitrogen and oxygen atoms in total. The van der Waals surface area contributed by atoms with Crippen LogP contribution in [0.15, 0.2) is 24.3 Å². The normalized spacial score (nSPS) is 24.3. The predicted octanol–water partition coefficient (Wildman–Crippen LogP) is 1.94. The summed E-state index contributed by atoms with van der Waals surface area (Å²) in [4.78, 5) is 25.8. The van der Waals surface area contributed by atoms with E-state index in [0.717, 1.165) is 24.4 Å². The highest BCUT2D eigenvalue weighted by atomic mass is 32.2. The Labute approximate surface area is 133 Å². The van der Waals surface area contributed by atoms with Gasteiger partial charge in [-0.25, -0.2) is 0 Å². The molecule has 114 valence electrons. The van der Waals surface area contributed by atoms with Gasteiger partial charge in [0.2, 0.25) is 5.91 Å². The number of carbonyl (C=O) groups is 2. The zero-order valence-electron chi connectivity index (χ0n) is 12.2. The minimum atomic E-state index is -0.745. The first-order chi connectivity index (χ1) is 10.6. The highest BCUT2D eigenvalue weighted by Gasteiger charge is 2.36. The quantitative estimate of drug-likeness (QED) is 0.925. The number of nitrogens with zero attached hydrogens (tertiary/aromatic N) is 2. The van der Waals surface area contributed by atoms with E-state index >= 15 is 0 Å². The molecule has 1 atom stereocenters. The van der Waals surface area contributed by atoms with Gasteiger partial charge >= 0.3 is 0 Å². The Kier molecular flexibility index (Phi) is 4.08. The van der Waals surface area contributed by atoms with Crippen LogP contribution in [0.2, 0.25) is 0 Å². The van der Waals surface area contributed by atoms with Gasteiger partial charge in [0, 0.05) is 30.0 Å². The van der Waals surface area contributed by atoms with Gasteiger partial charge < -0.3 is 10.2 Å². The number of carbonyl (C=O) groups excluding carboxylic acids is 2. The molecule has 2 amide bonds. The molecule has 2 aliphatic heterocycles. The lowest BCUT2D eigenvalue weighted by atomic mass is 10.0. The summed E-state index contributed by atoms with van der Waals surface area (Å²) < 4.78 is 0. The van der Waals surface area contributed by atoms with Crippen LogP contribution in [0.4, 0.5) is 5.69 Å². The average molecular weight is 315 g/mol. The second kappa shape index (κ2) is 6.01. The topological polar surface area (TPSA) is 73.2 Å². The molecule has 2 saturated heterocycles. The Morgan fingerprint density at radius 3 is 2.68 bits per heavy atom. The Morgan fingerprint density at radius 2 is 2.14 bits per heavy atom. The van der Waals surface area contributed by atoms with Crippen LogP contribution in [0.1, 0.15) is 29.6 Å². The molecule has 0 radical (unpaired) electrons. The molecule has 3 rings (SSSR count). The first kappa shape index (κ1) is 14.9. The maximum Gasteiger partial charge on any atom is 0.252 e. The molecule has 6 heteroatoms. The molecular formula is C16H17N3O2S. The number of rotatable bonds is 3. The lowest BCUT2D eigenvalue weighted by molar-refractivity contribution is -0.117. The first-order valence-electron chi connectivity index (χ1n) is 7.35. The van der Waals surface area contributed by atoms with Crippen LogP contribution in [0.3, 0.4) is 0 Å². The summed E-state index contributed by atoms with van der Waals surface area (Å²) in [6.07, 6.45) is 2.15. The Hall–Kier alpha value is -2.00. The van der Waals surface area contributed by atoms with Gasteiger partial charge in [-0.1, -0.05) is 0 Å². The van der Waals surface area contributed by atoms with Crippen molar-refractivity contribution in [3.63, 3.8) is 0 Å². The van der Waals surface area contributed by atoms with Gasteiger partial charge in [0.05, 0.1) is 6.07 Å². The number of anilines is 1. The molecule has 22 heavy (non-hydrogen) atoms. The standard InChI is InChI=1S/C16H17N3O2S/c17-10-16(7-9-22-11-16)18-15(21)12-3-5-13(6-4-12)19-8-1-2-14(19)20/h3-6H,1-2,7-9,11H2,(H,18,21). The first-order valence-corrected chi connectivity index (χ1v) is 8.51. The number of nitriles is 1. The summed E-state index contributed by atoms with van der Waals surface area (Å²) in [5, 5.41) is 12.2. The van der Waals surface area contributed by atoms with Crippen molar-refractivity contribution in [1.29, 1.82) is 5.26 Å². The molecule has 1 unspecified atom stereocenters. The fraction of sp³-hybridized carbons (Fsp3) is 0.438. The second-order valence-corrected chi connectivity index (χ2v) is 6.75. The molecule has 0 spiro atoms. The van der Waals surface area contributed by atoms with Crippen molar-refractivity contribution in [2.75, 3.05) is 23.0 Å². The summed E-state index contributed by atoms with van der Waals surface area (Å²) in [5.41, 5.74) is 0.595. The van der Waals surface area contributed by atoms with Gasteiger partial charge in [-0.05, 0) is 42.9 Å². The number of hydrogen-bond donors (Lipinski definition) is 1. The van der Waals surface area contributed by atoms with Gasteiger partial charge in [0.1, 0.15) is 5.54 Å². The molecule has 1 N–H and O–H groups in total. The zero-order valence-corrected chi connectivity index (χ0v) is 13.0. The number of hydrogen-bond acceptors (Lipinski definition) is 4. The fourth-order valence-corrected chi connectivity index (χ4v) is 4.05. The lowest BCUT2D eigenvalue weighted by Crippen LogP contribution is -2.47. The summed E-state index contributed by atoms with van der Waals surface area (Å²) in [6, 6.07) is 9.24. The number of nitrogens with one attached hydrogen (secondary N) is 1. The van der Waals surface area contributed by atoms with Crippen molar-refractivity contribution in [3.05, 3.63) is 29.8 Å². The van der Waals surface area contributed by atoms with Crippen LogP contribution in [0.5, 0.6) is 0 Å². The molecule has 2 heterocycles. The fourth-order valence-electron chi connectivity index (χ4n) is 2.78. The minimum Gasteiger partial charge on any atom is -0.333 e. The van der Waals surface area contributed by atoms with Crippen molar-refractivity contribution in [2.45, 2.75) is 24.8 Å². The Bertz CT molecular complexity index is 630. The monoisotopic (exact) mass is 315 g/mol. The zero-order chi connectivity index (χ0) is 15.6. The van der Waals surface area contributed by atoms with Gasteiger partial charge in [-0.2, -0.15) is 17.0 Å². The number of benzene rings is 1. The molecule has 0 aromatic heterocycles. The van der Waals surface area contributed by atoms with Crippen LogP contribution in [-0.2, 0) is 4.79 Å². The second-order valence-electron chi connectivity index (χ2n) is 5.65. The highest BCUT2D eigenvalue weighted by Crippen LogP contribution is 2.28. The van der Waals surface area contributed by atoms with E-state index in [9.17, 15) is 14.9 Å². The van der Waals surface area contributed by atoms with Crippen LogP contribution in [0, 0.1) is 11.3 Å². The van der Waals surface area contributed by atoms with E-state index in [2.05, 4.69) is 11.4 Å². The van der Waals surface area contributed by atoms with Crippen molar-refractivity contribution in [1.82, 2.24) is 5.32 Å². The number of thioether (sulfide) groups is 1. The predicted molar refractivity (Wildman–Crippen MR) is 85.8 cm³/mol. The van der Waals surface area contributed by atoms with E-state index in [1.54, 1.807) is 40.9 Å². The molecular weight excluding hydrogens is 298 g/mol. The lowest BCUT2D eigenvalue weighted by Gasteiger charge is -2.21. The van der Waals surface area contributed by atoms with Crippen LogP contribution >= 0.6 is 11.8 Å². The molecule has 1 aromatic carbocycles. The van der Waals surface area contributed by atoms with E-state index in [1.165, 1.54) is 0 Å². The minimum absolute atomic E-state index is 0.128. The van der Waals surface area contributed by atoms with Crippen molar-refractivity contribution in [3.8, 4) is 6.07 Å². The Balaban J connectivity index is 1.71. The average Bonchev–Trinajstić information content (AvgIpc) is 3.17. The summed E-state index contributed by atoms with van der Waals surface area (Å²) >= 11 is 1.68. The maximum absolute atomic E-state index is 12.3. The van der Waals surface area contributed by atoms with Crippen molar-refractivity contribution < 1.29 is 9.59 Å². The molecule has 0 aliphatic carbocycles. The van der Waals surface area contributed by atoms with E-state index in [1.807, 2.05) is 0 Å². The summed E-state index contributed by atoms with van der Waals surface area (Å²) in [6.45, 7) is 0.735. The molecule has 0 saturated carbocycles. The van der Waals surface area contributed by atoms with Crippen LogP contribution in [0.25, 0.3) is 0 Å². The summed E-state index contributed by atoms with van der Waals surface area (Å²) in [7, 11) is 0. The van der Waals surface area contributed by atoms with E-state index in [-0.39, 0.29) is 11.8 Å². The molecule has 0 bridgehead atoms. The third kappa shape index (κ3) is 2.81. The van der Waals surface area contributed by atoms with Crippen molar-refractivity contribution in [2.24, 2.45) is 0 Å². The largest absolute Gasteiger partial charge is 0.333 e. The smallest absolute Gasteiger partial charge is 0.252 e. The van der Waals surface area contributed by atoms with E-state index in [4.69, 9.17) is 0 Å². The third-order valence-corrected chi connectivity index (χ3v) is 5.29. The summed E-state index contributed by atoms with van der Waals surface area (Å²) in [5.74, 6) is 1.42. The number of amides is 2. The van der Waals surface area contributed by atoms with Gasteiger partial charge in [0.25, 0.3) is 5.91 Å². The molecule has 2 aliphatic rings. The molecule has 2 fully saturated rings. The van der Waals surface area contributed by atoms with Crippen molar-refractivity contribution >= 4 is 29.3 Å². The SMILES string of the molecule is N#CC1(NC(=O)c2ccc(N3CCCC3=O)cc2)CCSC1. The van der Waals surface area contributed by atoms with Crippen LogP contribution in [-0.4, -0.2) is 35.4 Å². The maximum atomic E-state index is 12.3.